The fraction of sp³-hybridized carbons (Fsp3) is 0.407. The predicted molar refractivity (Wildman–Crippen MR) is 132 cm³/mol. The number of ether oxygens (including phenoxy) is 1. The fourth-order valence-electron chi connectivity index (χ4n) is 3.69. The SMILES string of the molecule is C=CCc1ccccc1OC[C@@H](O)CNCCCc1cn(CCCCc2ccccc2)nn1. The van der Waals surface area contributed by atoms with Crippen LogP contribution < -0.4 is 10.1 Å². The predicted octanol–water partition coefficient (Wildman–Crippen LogP) is 3.99. The van der Waals surface area contributed by atoms with Crippen molar-refractivity contribution in [1.82, 2.24) is 20.3 Å². The highest BCUT2D eigenvalue weighted by atomic mass is 16.5. The maximum Gasteiger partial charge on any atom is 0.122 e. The Morgan fingerprint density at radius 2 is 1.85 bits per heavy atom. The summed E-state index contributed by atoms with van der Waals surface area (Å²) in [5.41, 5.74) is 3.48. The third kappa shape index (κ3) is 9.20. The van der Waals surface area contributed by atoms with Gasteiger partial charge in [-0.15, -0.1) is 11.7 Å². The molecule has 0 saturated carbocycles. The molecule has 1 atom stereocenters. The molecule has 0 radical (unpaired) electrons. The van der Waals surface area contributed by atoms with Gasteiger partial charge in [-0.1, -0.05) is 59.8 Å². The Morgan fingerprint density at radius 3 is 2.70 bits per heavy atom. The van der Waals surface area contributed by atoms with Crippen LogP contribution in [0.15, 0.2) is 73.4 Å². The molecule has 3 rings (SSSR count). The summed E-state index contributed by atoms with van der Waals surface area (Å²) in [5, 5.41) is 22.0. The van der Waals surface area contributed by atoms with Gasteiger partial charge in [0.05, 0.1) is 5.69 Å². The van der Waals surface area contributed by atoms with Crippen molar-refractivity contribution in [3.63, 3.8) is 0 Å². The smallest absolute Gasteiger partial charge is 0.122 e. The van der Waals surface area contributed by atoms with Crippen LogP contribution in [0.3, 0.4) is 0 Å². The van der Waals surface area contributed by atoms with Crippen LogP contribution in [0.4, 0.5) is 0 Å². The summed E-state index contributed by atoms with van der Waals surface area (Å²) >= 11 is 0. The lowest BCUT2D eigenvalue weighted by atomic mass is 10.1. The normalized spacial score (nSPS) is 11.9. The molecule has 176 valence electrons. The number of hydrogen-bond acceptors (Lipinski definition) is 5. The van der Waals surface area contributed by atoms with E-state index in [9.17, 15) is 5.11 Å². The summed E-state index contributed by atoms with van der Waals surface area (Å²) in [7, 11) is 0. The summed E-state index contributed by atoms with van der Waals surface area (Å²) in [6, 6.07) is 18.5. The number of allylic oxidation sites excluding steroid dienone is 1. The highest BCUT2D eigenvalue weighted by molar-refractivity contribution is 5.34. The number of aliphatic hydroxyl groups excluding tert-OH is 1. The number of rotatable bonds is 16. The largest absolute Gasteiger partial charge is 0.491 e. The Morgan fingerprint density at radius 1 is 1.03 bits per heavy atom. The molecule has 0 amide bonds. The molecule has 0 spiro atoms. The van der Waals surface area contributed by atoms with Crippen LogP contribution in [0.2, 0.25) is 0 Å². The highest BCUT2D eigenvalue weighted by Crippen LogP contribution is 2.18. The molecule has 1 heterocycles. The average Bonchev–Trinajstić information content (AvgIpc) is 3.29. The van der Waals surface area contributed by atoms with Gasteiger partial charge in [-0.3, -0.25) is 4.68 Å². The van der Waals surface area contributed by atoms with E-state index >= 15 is 0 Å². The molecule has 33 heavy (non-hydrogen) atoms. The first kappa shape index (κ1) is 24.7. The highest BCUT2D eigenvalue weighted by Gasteiger charge is 2.08. The van der Waals surface area contributed by atoms with Gasteiger partial charge in [-0.2, -0.15) is 0 Å². The Hall–Kier alpha value is -2.96. The second kappa shape index (κ2) is 14.2. The minimum absolute atomic E-state index is 0.264. The molecule has 2 aromatic carbocycles. The summed E-state index contributed by atoms with van der Waals surface area (Å²) in [4.78, 5) is 0. The topological polar surface area (TPSA) is 72.2 Å². The third-order valence-electron chi connectivity index (χ3n) is 5.47. The quantitative estimate of drug-likeness (QED) is 0.256. The van der Waals surface area contributed by atoms with E-state index in [1.807, 2.05) is 41.2 Å². The Kier molecular flexibility index (Phi) is 10.7. The number of nitrogens with zero attached hydrogens (tertiary/aromatic N) is 3. The Labute approximate surface area is 197 Å². The van der Waals surface area contributed by atoms with Gasteiger partial charge >= 0.3 is 0 Å². The van der Waals surface area contributed by atoms with Gasteiger partial charge in [-0.25, -0.2) is 0 Å². The van der Waals surface area contributed by atoms with Gasteiger partial charge in [0.25, 0.3) is 0 Å². The maximum absolute atomic E-state index is 10.2. The number of benzene rings is 2. The zero-order chi connectivity index (χ0) is 23.1. The van der Waals surface area contributed by atoms with E-state index in [4.69, 9.17) is 4.74 Å². The van der Waals surface area contributed by atoms with Crippen LogP contribution in [0.5, 0.6) is 5.75 Å². The van der Waals surface area contributed by atoms with Gasteiger partial charge in [0.15, 0.2) is 0 Å². The molecular weight excluding hydrogens is 412 g/mol. The molecule has 3 aromatic rings. The third-order valence-corrected chi connectivity index (χ3v) is 5.47. The monoisotopic (exact) mass is 448 g/mol. The molecule has 0 aliphatic heterocycles. The molecule has 0 fully saturated rings. The zero-order valence-electron chi connectivity index (χ0n) is 19.4. The van der Waals surface area contributed by atoms with Crippen LogP contribution >= 0.6 is 0 Å². The van der Waals surface area contributed by atoms with Gasteiger partial charge in [-0.05, 0) is 62.3 Å². The van der Waals surface area contributed by atoms with Crippen molar-refractivity contribution in [2.45, 2.75) is 51.2 Å². The van der Waals surface area contributed by atoms with Gasteiger partial charge in [0, 0.05) is 19.3 Å². The number of aliphatic hydroxyl groups is 1. The molecule has 0 aliphatic rings. The fourth-order valence-corrected chi connectivity index (χ4v) is 3.69. The number of nitrogens with one attached hydrogen (secondary N) is 1. The lowest BCUT2D eigenvalue weighted by Crippen LogP contribution is -2.32. The maximum atomic E-state index is 10.2. The van der Waals surface area contributed by atoms with E-state index in [1.165, 1.54) is 5.56 Å². The lowest BCUT2D eigenvalue weighted by molar-refractivity contribution is 0.106. The molecule has 6 nitrogen and oxygen atoms in total. The van der Waals surface area contributed by atoms with Crippen molar-refractivity contribution in [2.75, 3.05) is 19.7 Å². The zero-order valence-corrected chi connectivity index (χ0v) is 19.4. The number of unbranched alkanes of at least 4 members (excludes halogenated alkanes) is 1. The Balaban J connectivity index is 1.24. The van der Waals surface area contributed by atoms with E-state index < -0.39 is 6.10 Å². The summed E-state index contributed by atoms with van der Waals surface area (Å²) in [5.74, 6) is 0.805. The average molecular weight is 449 g/mol. The molecule has 0 aliphatic carbocycles. The van der Waals surface area contributed by atoms with E-state index in [-0.39, 0.29) is 6.61 Å². The minimum Gasteiger partial charge on any atom is -0.491 e. The van der Waals surface area contributed by atoms with Gasteiger partial charge in [0.2, 0.25) is 0 Å². The number of aromatic nitrogens is 3. The summed E-state index contributed by atoms with van der Waals surface area (Å²) < 4.78 is 7.73. The Bertz CT molecular complexity index is 942. The summed E-state index contributed by atoms with van der Waals surface area (Å²) in [6.07, 6.45) is 9.26. The molecular formula is C27H36N4O2. The molecule has 2 N–H and O–H groups in total. The minimum atomic E-state index is -0.557. The van der Waals surface area contributed by atoms with Crippen LogP contribution in [-0.2, 0) is 25.8 Å². The van der Waals surface area contributed by atoms with E-state index in [1.54, 1.807) is 0 Å². The molecule has 6 heteroatoms. The second-order valence-electron chi connectivity index (χ2n) is 8.29. The van der Waals surface area contributed by atoms with E-state index in [2.05, 4.69) is 52.5 Å². The van der Waals surface area contributed by atoms with Crippen molar-refractivity contribution >= 4 is 0 Å². The van der Waals surface area contributed by atoms with Crippen molar-refractivity contribution < 1.29 is 9.84 Å². The van der Waals surface area contributed by atoms with Gasteiger partial charge in [0.1, 0.15) is 18.5 Å². The first-order valence-corrected chi connectivity index (χ1v) is 11.9. The van der Waals surface area contributed by atoms with Crippen LogP contribution in [0.25, 0.3) is 0 Å². The molecule has 1 aromatic heterocycles. The van der Waals surface area contributed by atoms with E-state index in [0.717, 1.165) is 68.6 Å². The first-order valence-electron chi connectivity index (χ1n) is 11.9. The van der Waals surface area contributed by atoms with Crippen molar-refractivity contribution in [3.8, 4) is 5.75 Å². The van der Waals surface area contributed by atoms with Crippen molar-refractivity contribution in [3.05, 3.63) is 90.3 Å². The van der Waals surface area contributed by atoms with Crippen LogP contribution in [0.1, 0.15) is 36.1 Å². The summed E-state index contributed by atoms with van der Waals surface area (Å²) in [6.45, 7) is 6.25. The lowest BCUT2D eigenvalue weighted by Gasteiger charge is -2.15. The number of para-hydroxylation sites is 1. The van der Waals surface area contributed by atoms with Crippen molar-refractivity contribution in [1.29, 1.82) is 0 Å². The van der Waals surface area contributed by atoms with Crippen molar-refractivity contribution in [2.24, 2.45) is 0 Å². The number of hydrogen-bond donors (Lipinski definition) is 2. The number of aryl methyl sites for hydroxylation is 3. The second-order valence-corrected chi connectivity index (χ2v) is 8.29. The first-order chi connectivity index (χ1) is 16.2. The standard InChI is InChI=1S/C27H36N4O2/c1-2-11-24-15-6-7-17-27(24)33-22-26(32)20-28-18-10-16-25-21-31(30-29-25)19-9-8-14-23-12-4-3-5-13-23/h2-7,12-13,15,17,21,26,28,32H,1,8-11,14,16,18-20,22H2/t26-/m0/s1. The molecule has 0 saturated heterocycles. The molecule has 0 bridgehead atoms. The van der Waals surface area contributed by atoms with Crippen LogP contribution in [-0.4, -0.2) is 45.9 Å². The molecule has 0 unspecified atom stereocenters. The van der Waals surface area contributed by atoms with Crippen LogP contribution in [0, 0.1) is 0 Å². The van der Waals surface area contributed by atoms with Gasteiger partial charge < -0.3 is 15.2 Å². The van der Waals surface area contributed by atoms with E-state index in [0.29, 0.717) is 6.54 Å².